The lowest BCUT2D eigenvalue weighted by Gasteiger charge is -2.34. The Morgan fingerprint density at radius 1 is 1.23 bits per heavy atom. The molecule has 1 heterocycles. The summed E-state index contributed by atoms with van der Waals surface area (Å²) in [5.41, 5.74) is 0.800. The fraction of sp³-hybridized carbons (Fsp3) is 0.529. The summed E-state index contributed by atoms with van der Waals surface area (Å²) < 4.78 is 5.24. The first kappa shape index (κ1) is 14.9. The molecule has 0 bridgehead atoms. The molecule has 1 aromatic rings. The molecule has 0 unspecified atom stereocenters. The SMILES string of the molecule is O=C(NC1CCC2(CCNC2=O)CC1)OCc1ccccc1. The third-order valence-corrected chi connectivity index (χ3v) is 4.85. The van der Waals surface area contributed by atoms with Gasteiger partial charge in [-0.25, -0.2) is 4.79 Å². The Labute approximate surface area is 130 Å². The van der Waals surface area contributed by atoms with Crippen molar-refractivity contribution in [1.82, 2.24) is 10.6 Å². The summed E-state index contributed by atoms with van der Waals surface area (Å²) in [5, 5.41) is 5.84. The van der Waals surface area contributed by atoms with Crippen molar-refractivity contribution in [3.8, 4) is 0 Å². The van der Waals surface area contributed by atoms with Gasteiger partial charge in [0.25, 0.3) is 0 Å². The Bertz CT molecular complexity index is 536. The summed E-state index contributed by atoms with van der Waals surface area (Å²) in [5.74, 6) is 0.192. The second-order valence-electron chi connectivity index (χ2n) is 6.27. The van der Waals surface area contributed by atoms with Gasteiger partial charge >= 0.3 is 6.09 Å². The van der Waals surface area contributed by atoms with Crippen LogP contribution < -0.4 is 10.6 Å². The van der Waals surface area contributed by atoms with Crippen molar-refractivity contribution in [2.75, 3.05) is 6.54 Å². The molecule has 2 N–H and O–H groups in total. The molecule has 2 aliphatic rings. The molecule has 1 aromatic carbocycles. The number of benzene rings is 1. The van der Waals surface area contributed by atoms with Crippen LogP contribution in [0, 0.1) is 5.41 Å². The Hall–Kier alpha value is -2.04. The maximum absolute atomic E-state index is 11.9. The second kappa shape index (κ2) is 6.38. The molecule has 1 aliphatic heterocycles. The zero-order valence-electron chi connectivity index (χ0n) is 12.6. The van der Waals surface area contributed by atoms with Gasteiger partial charge in [0.05, 0.1) is 5.41 Å². The Morgan fingerprint density at radius 3 is 2.59 bits per heavy atom. The Morgan fingerprint density at radius 2 is 1.95 bits per heavy atom. The summed E-state index contributed by atoms with van der Waals surface area (Å²) in [7, 11) is 0. The van der Waals surface area contributed by atoms with Crippen molar-refractivity contribution in [2.45, 2.75) is 44.8 Å². The number of hydrogen-bond donors (Lipinski definition) is 2. The van der Waals surface area contributed by atoms with Crippen LogP contribution in [0.15, 0.2) is 30.3 Å². The summed E-state index contributed by atoms with van der Waals surface area (Å²) >= 11 is 0. The number of rotatable bonds is 3. The molecule has 2 fully saturated rings. The van der Waals surface area contributed by atoms with Crippen LogP contribution in [-0.4, -0.2) is 24.6 Å². The number of ether oxygens (including phenoxy) is 1. The van der Waals surface area contributed by atoms with E-state index in [1.165, 1.54) is 0 Å². The lowest BCUT2D eigenvalue weighted by molar-refractivity contribution is -0.129. The quantitative estimate of drug-likeness (QED) is 0.900. The van der Waals surface area contributed by atoms with Crippen molar-refractivity contribution in [2.24, 2.45) is 5.41 Å². The average molecular weight is 302 g/mol. The minimum atomic E-state index is -0.374. The normalized spacial score (nSPS) is 27.5. The minimum absolute atomic E-state index is 0.113. The van der Waals surface area contributed by atoms with Gasteiger partial charge < -0.3 is 15.4 Å². The molecule has 2 amide bonds. The highest BCUT2D eigenvalue weighted by Gasteiger charge is 2.44. The third kappa shape index (κ3) is 3.24. The zero-order chi connectivity index (χ0) is 15.4. The lowest BCUT2D eigenvalue weighted by atomic mass is 9.71. The molecule has 0 atom stereocenters. The maximum Gasteiger partial charge on any atom is 0.407 e. The van der Waals surface area contributed by atoms with Crippen LogP contribution >= 0.6 is 0 Å². The fourth-order valence-corrected chi connectivity index (χ4v) is 3.44. The highest BCUT2D eigenvalue weighted by atomic mass is 16.5. The molecule has 5 heteroatoms. The highest BCUT2D eigenvalue weighted by Crippen LogP contribution is 2.41. The van der Waals surface area contributed by atoms with E-state index in [2.05, 4.69) is 10.6 Å². The molecule has 3 rings (SSSR count). The zero-order valence-corrected chi connectivity index (χ0v) is 12.6. The number of carbonyl (C=O) groups excluding carboxylic acids is 2. The van der Waals surface area contributed by atoms with E-state index in [1.54, 1.807) is 0 Å². The van der Waals surface area contributed by atoms with Crippen molar-refractivity contribution < 1.29 is 14.3 Å². The van der Waals surface area contributed by atoms with Crippen molar-refractivity contribution in [3.05, 3.63) is 35.9 Å². The Balaban J connectivity index is 1.43. The number of alkyl carbamates (subject to hydrolysis) is 1. The number of carbonyl (C=O) groups is 2. The van der Waals surface area contributed by atoms with Gasteiger partial charge in [0.2, 0.25) is 5.91 Å². The van der Waals surface area contributed by atoms with Crippen molar-refractivity contribution in [3.63, 3.8) is 0 Å². The van der Waals surface area contributed by atoms with Gasteiger partial charge in [0, 0.05) is 12.6 Å². The van der Waals surface area contributed by atoms with E-state index >= 15 is 0 Å². The molecule has 5 nitrogen and oxygen atoms in total. The fourth-order valence-electron chi connectivity index (χ4n) is 3.44. The highest BCUT2D eigenvalue weighted by molar-refractivity contribution is 5.84. The number of nitrogens with one attached hydrogen (secondary N) is 2. The first-order chi connectivity index (χ1) is 10.7. The van der Waals surface area contributed by atoms with Gasteiger partial charge in [-0.15, -0.1) is 0 Å². The van der Waals surface area contributed by atoms with Gasteiger partial charge in [-0.2, -0.15) is 0 Å². The first-order valence-electron chi connectivity index (χ1n) is 7.93. The standard InChI is InChI=1S/C17H22N2O3/c20-15-17(10-11-18-15)8-6-14(7-9-17)19-16(21)22-12-13-4-2-1-3-5-13/h1-5,14H,6-12H2,(H,18,20)(H,19,21). The van der Waals surface area contributed by atoms with Crippen LogP contribution in [0.2, 0.25) is 0 Å². The maximum atomic E-state index is 11.9. The van der Waals surface area contributed by atoms with Crippen molar-refractivity contribution in [1.29, 1.82) is 0 Å². The van der Waals surface area contributed by atoms with Crippen LogP contribution in [-0.2, 0) is 16.1 Å². The second-order valence-corrected chi connectivity index (χ2v) is 6.27. The van der Waals surface area contributed by atoms with E-state index in [-0.39, 0.29) is 30.1 Å². The average Bonchev–Trinajstić information content (AvgIpc) is 2.89. The molecular formula is C17H22N2O3. The molecule has 0 aromatic heterocycles. The van der Waals surface area contributed by atoms with Crippen LogP contribution in [0.4, 0.5) is 4.79 Å². The first-order valence-corrected chi connectivity index (χ1v) is 7.93. The Kier molecular flexibility index (Phi) is 4.32. The predicted molar refractivity (Wildman–Crippen MR) is 82.1 cm³/mol. The third-order valence-electron chi connectivity index (χ3n) is 4.85. The minimum Gasteiger partial charge on any atom is -0.445 e. The van der Waals surface area contributed by atoms with E-state index in [0.717, 1.165) is 44.2 Å². The largest absolute Gasteiger partial charge is 0.445 e. The molecule has 1 aliphatic carbocycles. The van der Waals surface area contributed by atoms with Gasteiger partial charge in [-0.1, -0.05) is 30.3 Å². The van der Waals surface area contributed by atoms with Gasteiger partial charge in [-0.3, -0.25) is 4.79 Å². The van der Waals surface area contributed by atoms with Gasteiger partial charge in [0.15, 0.2) is 0 Å². The number of hydrogen-bond acceptors (Lipinski definition) is 3. The molecular weight excluding hydrogens is 280 g/mol. The van der Waals surface area contributed by atoms with Gasteiger partial charge in [0.1, 0.15) is 6.61 Å². The van der Waals surface area contributed by atoms with Crippen LogP contribution in [0.5, 0.6) is 0 Å². The smallest absolute Gasteiger partial charge is 0.407 e. The van der Waals surface area contributed by atoms with Crippen LogP contribution in [0.25, 0.3) is 0 Å². The van der Waals surface area contributed by atoms with Crippen molar-refractivity contribution >= 4 is 12.0 Å². The van der Waals surface area contributed by atoms with E-state index < -0.39 is 0 Å². The summed E-state index contributed by atoms with van der Waals surface area (Å²) in [4.78, 5) is 23.8. The summed E-state index contributed by atoms with van der Waals surface area (Å²) in [6.45, 7) is 1.07. The molecule has 1 saturated carbocycles. The molecule has 22 heavy (non-hydrogen) atoms. The summed E-state index contributed by atoms with van der Waals surface area (Å²) in [6, 6.07) is 9.74. The van der Waals surface area contributed by atoms with Crippen LogP contribution in [0.3, 0.4) is 0 Å². The topological polar surface area (TPSA) is 67.4 Å². The van der Waals surface area contributed by atoms with Gasteiger partial charge in [-0.05, 0) is 37.7 Å². The predicted octanol–water partition coefficient (Wildman–Crippen LogP) is 2.36. The van der Waals surface area contributed by atoms with Crippen LogP contribution in [0.1, 0.15) is 37.7 Å². The molecule has 118 valence electrons. The van der Waals surface area contributed by atoms with E-state index in [4.69, 9.17) is 4.74 Å². The lowest BCUT2D eigenvalue weighted by Crippen LogP contribution is -2.43. The summed E-state index contributed by atoms with van der Waals surface area (Å²) in [6.07, 6.45) is 3.93. The van der Waals surface area contributed by atoms with E-state index in [0.29, 0.717) is 0 Å². The molecule has 1 spiro atoms. The van der Waals surface area contributed by atoms with E-state index in [9.17, 15) is 9.59 Å². The monoisotopic (exact) mass is 302 g/mol. The number of amides is 2. The van der Waals surface area contributed by atoms with E-state index in [1.807, 2.05) is 30.3 Å². The molecule has 0 radical (unpaired) electrons. The molecule has 1 saturated heterocycles.